The number of rotatable bonds is 95. The molecule has 0 rings (SSSR count). The zero-order valence-corrected chi connectivity index (χ0v) is 77.0. The summed E-state index contributed by atoms with van der Waals surface area (Å²) in [5, 5.41) is 19.5. The van der Waals surface area contributed by atoms with Crippen LogP contribution in [0.15, 0.2) is 0 Å². The molecule has 0 aromatic heterocycles. The lowest BCUT2D eigenvalue weighted by Crippen LogP contribution is -2.45. The van der Waals surface area contributed by atoms with Crippen LogP contribution in [0, 0.1) is 0 Å². The molecule has 0 aromatic carbocycles. The maximum atomic E-state index is 13.7. The van der Waals surface area contributed by atoms with Gasteiger partial charge in [-0.3, -0.25) is 33.7 Å². The third-order valence-electron chi connectivity index (χ3n) is 23.7. The number of hydrogen-bond acceptors (Lipinski definition) is 10. The van der Waals surface area contributed by atoms with Crippen molar-refractivity contribution in [3.8, 4) is 0 Å². The summed E-state index contributed by atoms with van der Waals surface area (Å²) in [4.78, 5) is 91.3. The molecule has 674 valence electrons. The monoisotopic (exact) mass is 1610 g/mol. The van der Waals surface area contributed by atoms with E-state index >= 15 is 0 Å². The van der Waals surface area contributed by atoms with E-state index in [2.05, 4.69) is 93.0 Å². The van der Waals surface area contributed by atoms with E-state index in [1.54, 1.807) is 0 Å². The van der Waals surface area contributed by atoms with Gasteiger partial charge in [-0.15, -0.1) is 0 Å². The summed E-state index contributed by atoms with van der Waals surface area (Å²) in [6.45, 7) is 25.5. The zero-order valence-electron chi connectivity index (χ0n) is 77.0. The highest BCUT2D eigenvalue weighted by atomic mass is 16.2. The largest absolute Gasteiger partial charge is 0.356 e. The summed E-state index contributed by atoms with van der Waals surface area (Å²) < 4.78 is 0. The van der Waals surface area contributed by atoms with Crippen molar-refractivity contribution in [2.24, 2.45) is 0 Å². The molecule has 0 saturated heterocycles. The maximum Gasteiger partial charge on any atom is 0.221 e. The Labute approximate surface area is 707 Å². The minimum atomic E-state index is 0.0589. The predicted octanol–water partition coefficient (Wildman–Crippen LogP) is 23.5. The van der Waals surface area contributed by atoms with Crippen LogP contribution in [-0.2, 0) is 28.8 Å². The Balaban J connectivity index is 6.86. The number of carbonyl (C=O) groups excluding carboxylic acids is 6. The van der Waals surface area contributed by atoms with Gasteiger partial charge in [0.2, 0.25) is 35.4 Å². The van der Waals surface area contributed by atoms with Crippen molar-refractivity contribution in [3.63, 3.8) is 0 Å². The smallest absolute Gasteiger partial charge is 0.221 e. The standard InChI is InChI=1S/C98H196N10O6/c1-7-13-19-25-31-37-43-49-55-62-75-99-93(109)69-61-68-81-105(82-70-94(110)100-76-63-56-50-44-38-32-26-20-14-8-2)87-90-108(91-88-106(83-71-95(111)101-77-64-57-51-45-39-33-27-21-15-9-3)84-72-96(112)102-78-65-58-52-46-40-34-28-22-16-10-4)92-89-107(85-73-97(113)103-79-66-59-53-47-41-35-29-23-17-11-5)86-74-98(114)104-80-67-60-54-48-42-36-30-24-18-12-6/h7-92H2,1-6H3,(H,99,109)(H,100,110)(H,101,111)(H,102,112)(H,103,113)(H,104,114). The number of unbranched alkanes of at least 4 members (excludes halogenated alkanes) is 55. The summed E-state index contributed by atoms with van der Waals surface area (Å²) in [5.74, 6) is 0.450. The van der Waals surface area contributed by atoms with Crippen molar-refractivity contribution in [2.45, 2.75) is 478 Å². The van der Waals surface area contributed by atoms with E-state index in [9.17, 15) is 28.8 Å². The van der Waals surface area contributed by atoms with Gasteiger partial charge in [-0.2, -0.15) is 0 Å². The minimum Gasteiger partial charge on any atom is -0.356 e. The van der Waals surface area contributed by atoms with Crippen LogP contribution in [0.3, 0.4) is 0 Å². The van der Waals surface area contributed by atoms with E-state index in [0.29, 0.717) is 130 Å². The van der Waals surface area contributed by atoms with E-state index in [1.165, 1.54) is 308 Å². The molecule has 0 unspecified atom stereocenters. The molecule has 0 atom stereocenters. The lowest BCUT2D eigenvalue weighted by molar-refractivity contribution is -0.123. The lowest BCUT2D eigenvalue weighted by atomic mass is 10.1. The molecule has 114 heavy (non-hydrogen) atoms. The van der Waals surface area contributed by atoms with E-state index < -0.39 is 0 Å². The van der Waals surface area contributed by atoms with Crippen molar-refractivity contribution in [2.75, 3.05) is 118 Å². The molecule has 0 fully saturated rings. The van der Waals surface area contributed by atoms with Crippen LogP contribution < -0.4 is 31.9 Å². The SMILES string of the molecule is CCCCCCCCCCCCNC(=O)CCCCN(CCC(=O)NCCCCCCCCCCCC)CCN(CCN(CCC(=O)NCCCCCCCCCCCC)CCC(=O)NCCCCCCCCCCCC)CCN(CCC(=O)NCCCCCCCCCCCC)CCC(=O)NCCCCCCCCCCCC. The van der Waals surface area contributed by atoms with Crippen molar-refractivity contribution in [1.82, 2.24) is 51.5 Å². The van der Waals surface area contributed by atoms with E-state index in [0.717, 1.165) is 116 Å². The average Bonchev–Trinajstić information content (AvgIpc) is 0.920. The number of nitrogens with zero attached hydrogens (tertiary/aromatic N) is 4. The molecule has 0 aliphatic heterocycles. The Morgan fingerprint density at radius 1 is 0.140 bits per heavy atom. The fourth-order valence-corrected chi connectivity index (χ4v) is 15.7. The zero-order chi connectivity index (χ0) is 82.8. The van der Waals surface area contributed by atoms with Crippen LogP contribution >= 0.6 is 0 Å². The molecular weight excluding hydrogens is 1410 g/mol. The van der Waals surface area contributed by atoms with Crippen molar-refractivity contribution in [3.05, 3.63) is 0 Å². The second kappa shape index (κ2) is 92.0. The van der Waals surface area contributed by atoms with Gasteiger partial charge in [0.25, 0.3) is 0 Å². The van der Waals surface area contributed by atoms with Gasteiger partial charge in [0.05, 0.1) is 0 Å². The van der Waals surface area contributed by atoms with Gasteiger partial charge in [-0.25, -0.2) is 0 Å². The second-order valence-electron chi connectivity index (χ2n) is 34.8. The number of amides is 6. The molecule has 16 nitrogen and oxygen atoms in total. The Morgan fingerprint density at radius 3 is 0.439 bits per heavy atom. The summed E-state index contributed by atoms with van der Waals surface area (Å²) in [5.41, 5.74) is 0. The molecule has 16 heteroatoms. The van der Waals surface area contributed by atoms with Gasteiger partial charge in [-0.05, 0) is 57.9 Å². The van der Waals surface area contributed by atoms with Crippen molar-refractivity contribution < 1.29 is 28.8 Å². The van der Waals surface area contributed by atoms with Crippen LogP contribution in [0.2, 0.25) is 0 Å². The first-order valence-corrected chi connectivity index (χ1v) is 50.5. The topological polar surface area (TPSA) is 188 Å². The first kappa shape index (κ1) is 111. The van der Waals surface area contributed by atoms with E-state index in [4.69, 9.17) is 0 Å². The molecule has 0 bridgehead atoms. The minimum absolute atomic E-state index is 0.0589. The Kier molecular flexibility index (Phi) is 89.3. The Morgan fingerprint density at radius 2 is 0.272 bits per heavy atom. The van der Waals surface area contributed by atoms with Gasteiger partial charge >= 0.3 is 0 Å². The highest BCUT2D eigenvalue weighted by molar-refractivity contribution is 5.78. The van der Waals surface area contributed by atoms with Gasteiger partial charge in [-0.1, -0.05) is 388 Å². The molecule has 0 spiro atoms. The van der Waals surface area contributed by atoms with Crippen LogP contribution in [0.25, 0.3) is 0 Å². The first-order valence-electron chi connectivity index (χ1n) is 50.5. The molecule has 0 aliphatic carbocycles. The molecule has 0 heterocycles. The fraction of sp³-hybridized carbons (Fsp3) is 0.939. The van der Waals surface area contributed by atoms with E-state index in [1.807, 2.05) is 0 Å². The summed E-state index contributed by atoms with van der Waals surface area (Å²) in [6, 6.07) is 0. The third kappa shape index (κ3) is 85.1. The average molecular weight is 1610 g/mol. The van der Waals surface area contributed by atoms with Crippen LogP contribution in [0.5, 0.6) is 0 Å². The normalized spacial score (nSPS) is 11.6. The third-order valence-corrected chi connectivity index (χ3v) is 23.7. The Bertz CT molecular complexity index is 1880. The molecule has 0 radical (unpaired) electrons. The van der Waals surface area contributed by atoms with Gasteiger partial charge in [0.15, 0.2) is 0 Å². The van der Waals surface area contributed by atoms with Gasteiger partial charge < -0.3 is 46.6 Å². The van der Waals surface area contributed by atoms with Crippen molar-refractivity contribution >= 4 is 35.4 Å². The summed E-state index contributed by atoms with van der Waals surface area (Å²) in [6.07, 6.45) is 79.2. The molecule has 0 aliphatic rings. The van der Waals surface area contributed by atoms with Gasteiger partial charge in [0.1, 0.15) is 0 Å². The summed E-state index contributed by atoms with van der Waals surface area (Å²) in [7, 11) is 0. The highest BCUT2D eigenvalue weighted by Crippen LogP contribution is 2.17. The molecule has 6 N–H and O–H groups in total. The van der Waals surface area contributed by atoms with E-state index in [-0.39, 0.29) is 35.4 Å². The first-order chi connectivity index (χ1) is 56.0. The number of hydrogen-bond donors (Lipinski definition) is 6. The molecule has 6 amide bonds. The van der Waals surface area contributed by atoms with Crippen LogP contribution in [0.4, 0.5) is 0 Å². The Hall–Kier alpha value is -3.34. The van der Waals surface area contributed by atoms with Crippen molar-refractivity contribution in [1.29, 1.82) is 0 Å². The number of carbonyl (C=O) groups is 6. The predicted molar refractivity (Wildman–Crippen MR) is 492 cm³/mol. The maximum absolute atomic E-state index is 13.7. The highest BCUT2D eigenvalue weighted by Gasteiger charge is 2.19. The summed E-state index contributed by atoms with van der Waals surface area (Å²) >= 11 is 0. The number of nitrogens with one attached hydrogen (secondary N) is 6. The fourth-order valence-electron chi connectivity index (χ4n) is 15.7. The van der Waals surface area contributed by atoms with Gasteiger partial charge in [0, 0.05) is 150 Å². The molecular formula is C98H196N10O6. The second-order valence-corrected chi connectivity index (χ2v) is 34.8. The van der Waals surface area contributed by atoms with Crippen LogP contribution in [-0.4, -0.2) is 173 Å². The molecule has 0 saturated carbocycles. The molecule has 0 aromatic rings. The quantitative estimate of drug-likeness (QED) is 0.0320. The van der Waals surface area contributed by atoms with Crippen LogP contribution in [0.1, 0.15) is 478 Å². The lowest BCUT2D eigenvalue weighted by Gasteiger charge is -2.32.